The fourth-order valence-electron chi connectivity index (χ4n) is 4.66. The second kappa shape index (κ2) is 10.8. The number of amides is 1. The Kier molecular flexibility index (Phi) is 7.34. The highest BCUT2D eigenvalue weighted by Gasteiger charge is 2.37. The van der Waals surface area contributed by atoms with E-state index in [1.54, 1.807) is 36.6 Å². The number of carbonyl (C=O) groups excluding carboxylic acids is 2. The number of nitrogens with one attached hydrogen (secondary N) is 2. The van der Waals surface area contributed by atoms with Crippen LogP contribution in [-0.4, -0.2) is 49.5 Å². The minimum atomic E-state index is -0.759. The summed E-state index contributed by atoms with van der Waals surface area (Å²) in [4.78, 5) is 33.4. The SMILES string of the molecule is COc1ccc(OC)c(C(=O)NC(C(=O)c2nc(C3CC3)sc2-c2ccccc2)C2CCCCN2)c1. The van der Waals surface area contributed by atoms with Crippen molar-refractivity contribution in [2.45, 2.75) is 50.1 Å². The Labute approximate surface area is 215 Å². The highest BCUT2D eigenvalue weighted by molar-refractivity contribution is 7.15. The number of methoxy groups -OCH3 is 2. The molecular formula is C28H31N3O4S. The first kappa shape index (κ1) is 24.5. The van der Waals surface area contributed by atoms with Crippen LogP contribution in [0.25, 0.3) is 10.4 Å². The fraction of sp³-hybridized carbons (Fsp3) is 0.393. The maximum atomic E-state index is 14.2. The third-order valence-electron chi connectivity index (χ3n) is 6.81. The molecule has 0 radical (unpaired) electrons. The van der Waals surface area contributed by atoms with Gasteiger partial charge in [-0.3, -0.25) is 9.59 Å². The molecule has 2 atom stereocenters. The first-order valence-corrected chi connectivity index (χ1v) is 13.3. The molecule has 8 heteroatoms. The Morgan fingerprint density at radius 3 is 2.53 bits per heavy atom. The van der Waals surface area contributed by atoms with Crippen LogP contribution in [0.15, 0.2) is 48.5 Å². The molecule has 7 nitrogen and oxygen atoms in total. The number of Topliss-reactive ketones (excluding diaryl/α,β-unsaturated/α-hetero) is 1. The Bertz CT molecular complexity index is 1230. The van der Waals surface area contributed by atoms with Gasteiger partial charge in [0.2, 0.25) is 5.78 Å². The summed E-state index contributed by atoms with van der Waals surface area (Å²) in [5.74, 6) is 0.855. The lowest BCUT2D eigenvalue weighted by molar-refractivity contribution is 0.0821. The van der Waals surface area contributed by atoms with Gasteiger partial charge in [0, 0.05) is 12.0 Å². The van der Waals surface area contributed by atoms with Gasteiger partial charge >= 0.3 is 0 Å². The molecule has 36 heavy (non-hydrogen) atoms. The number of thiazole rings is 1. The Morgan fingerprint density at radius 2 is 1.86 bits per heavy atom. The van der Waals surface area contributed by atoms with Gasteiger partial charge < -0.3 is 20.1 Å². The number of benzene rings is 2. The van der Waals surface area contributed by atoms with Crippen molar-refractivity contribution >= 4 is 23.0 Å². The lowest BCUT2D eigenvalue weighted by Gasteiger charge is -2.31. The van der Waals surface area contributed by atoms with Gasteiger partial charge in [-0.05, 0) is 56.0 Å². The van der Waals surface area contributed by atoms with Gasteiger partial charge in [0.15, 0.2) is 0 Å². The smallest absolute Gasteiger partial charge is 0.255 e. The van der Waals surface area contributed by atoms with Gasteiger partial charge in [0.1, 0.15) is 23.2 Å². The van der Waals surface area contributed by atoms with E-state index in [2.05, 4.69) is 10.6 Å². The maximum Gasteiger partial charge on any atom is 0.255 e. The summed E-state index contributed by atoms with van der Waals surface area (Å²) in [6.45, 7) is 0.808. The highest BCUT2D eigenvalue weighted by atomic mass is 32.1. The van der Waals surface area contributed by atoms with Gasteiger partial charge in [-0.25, -0.2) is 4.98 Å². The lowest BCUT2D eigenvalue weighted by atomic mass is 9.92. The van der Waals surface area contributed by atoms with E-state index in [0.717, 1.165) is 54.1 Å². The predicted molar refractivity (Wildman–Crippen MR) is 140 cm³/mol. The highest BCUT2D eigenvalue weighted by Crippen LogP contribution is 2.45. The van der Waals surface area contributed by atoms with Crippen molar-refractivity contribution in [3.63, 3.8) is 0 Å². The standard InChI is InChI=1S/C28H31N3O4S/c1-34-19-13-14-22(35-2)20(16-19)27(33)30-23(21-10-6-7-15-29-21)25(32)24-26(17-8-4-3-5-9-17)36-28(31-24)18-11-12-18/h3-5,8-9,13-14,16,18,21,23,29H,6-7,10-12,15H2,1-2H3,(H,30,33). The molecule has 0 spiro atoms. The summed E-state index contributed by atoms with van der Waals surface area (Å²) in [5.41, 5.74) is 1.75. The number of piperidine rings is 1. The molecule has 3 aromatic rings. The predicted octanol–water partition coefficient (Wildman–Crippen LogP) is 4.83. The van der Waals surface area contributed by atoms with E-state index in [9.17, 15) is 9.59 Å². The number of carbonyl (C=O) groups is 2. The first-order valence-electron chi connectivity index (χ1n) is 12.5. The zero-order chi connectivity index (χ0) is 25.1. The van der Waals surface area contributed by atoms with Crippen molar-refractivity contribution in [3.8, 4) is 21.9 Å². The van der Waals surface area contributed by atoms with Crippen LogP contribution in [0.5, 0.6) is 11.5 Å². The zero-order valence-electron chi connectivity index (χ0n) is 20.6. The summed E-state index contributed by atoms with van der Waals surface area (Å²) in [5, 5.41) is 7.51. The summed E-state index contributed by atoms with van der Waals surface area (Å²) < 4.78 is 10.7. The van der Waals surface area contributed by atoms with E-state index >= 15 is 0 Å². The molecule has 2 unspecified atom stereocenters. The molecule has 5 rings (SSSR count). The van der Waals surface area contributed by atoms with E-state index in [0.29, 0.717) is 28.7 Å². The molecule has 2 aliphatic rings. The summed E-state index contributed by atoms with van der Waals surface area (Å²) in [6.07, 6.45) is 5.06. The van der Waals surface area contributed by atoms with E-state index in [1.807, 2.05) is 30.3 Å². The minimum Gasteiger partial charge on any atom is -0.497 e. The van der Waals surface area contributed by atoms with E-state index in [1.165, 1.54) is 7.11 Å². The number of rotatable bonds is 9. The summed E-state index contributed by atoms with van der Waals surface area (Å²) in [7, 11) is 3.07. The quantitative estimate of drug-likeness (QED) is 0.405. The Hall–Kier alpha value is -3.23. The van der Waals surface area contributed by atoms with Gasteiger partial charge in [0.25, 0.3) is 5.91 Å². The second-order valence-electron chi connectivity index (χ2n) is 9.31. The van der Waals surface area contributed by atoms with Crippen LogP contribution in [-0.2, 0) is 0 Å². The van der Waals surface area contributed by atoms with Crippen molar-refractivity contribution in [2.75, 3.05) is 20.8 Å². The van der Waals surface area contributed by atoms with Crippen molar-refractivity contribution < 1.29 is 19.1 Å². The maximum absolute atomic E-state index is 14.2. The number of hydrogen-bond acceptors (Lipinski definition) is 7. The molecule has 1 aromatic heterocycles. The van der Waals surface area contributed by atoms with E-state index in [-0.39, 0.29) is 17.7 Å². The van der Waals surface area contributed by atoms with Crippen molar-refractivity contribution in [3.05, 3.63) is 64.8 Å². The van der Waals surface area contributed by atoms with Crippen molar-refractivity contribution in [1.29, 1.82) is 0 Å². The largest absolute Gasteiger partial charge is 0.497 e. The molecule has 2 heterocycles. The number of aromatic nitrogens is 1. The van der Waals surface area contributed by atoms with Gasteiger partial charge in [-0.15, -0.1) is 11.3 Å². The van der Waals surface area contributed by atoms with Crippen molar-refractivity contribution in [2.24, 2.45) is 0 Å². The summed E-state index contributed by atoms with van der Waals surface area (Å²) >= 11 is 1.60. The third-order valence-corrected chi connectivity index (χ3v) is 8.08. The van der Waals surface area contributed by atoms with Crippen LogP contribution in [0.3, 0.4) is 0 Å². The minimum absolute atomic E-state index is 0.161. The first-order chi connectivity index (χ1) is 17.6. The van der Waals surface area contributed by atoms with E-state index in [4.69, 9.17) is 14.5 Å². The van der Waals surface area contributed by atoms with Crippen molar-refractivity contribution in [1.82, 2.24) is 15.6 Å². The Balaban J connectivity index is 1.51. The molecule has 1 saturated heterocycles. The summed E-state index contributed by atoms with van der Waals surface area (Å²) in [6, 6.07) is 14.0. The average molecular weight is 506 g/mol. The number of ether oxygens (including phenoxy) is 2. The molecule has 0 bridgehead atoms. The van der Waals surface area contributed by atoms with E-state index < -0.39 is 6.04 Å². The molecule has 2 N–H and O–H groups in total. The lowest BCUT2D eigenvalue weighted by Crippen LogP contribution is -2.55. The van der Waals surface area contributed by atoms with Gasteiger partial charge in [0.05, 0.1) is 29.7 Å². The monoisotopic (exact) mass is 505 g/mol. The van der Waals surface area contributed by atoms with Crippen LogP contribution in [0.2, 0.25) is 0 Å². The van der Waals surface area contributed by atoms with Crippen LogP contribution < -0.4 is 20.1 Å². The van der Waals surface area contributed by atoms with Crippen LogP contribution in [0.1, 0.15) is 63.9 Å². The van der Waals surface area contributed by atoms with Crippen LogP contribution in [0, 0.1) is 0 Å². The fourth-order valence-corrected chi connectivity index (χ4v) is 5.91. The molecule has 1 saturated carbocycles. The average Bonchev–Trinajstić information content (AvgIpc) is 3.69. The molecule has 1 aliphatic heterocycles. The Morgan fingerprint density at radius 1 is 1.06 bits per heavy atom. The molecule has 2 fully saturated rings. The van der Waals surface area contributed by atoms with Gasteiger partial charge in [-0.1, -0.05) is 36.8 Å². The molecule has 1 amide bonds. The number of ketones is 1. The third kappa shape index (κ3) is 5.15. The molecular weight excluding hydrogens is 474 g/mol. The number of nitrogens with zero attached hydrogens (tertiary/aromatic N) is 1. The van der Waals surface area contributed by atoms with Crippen LogP contribution in [0.4, 0.5) is 0 Å². The normalized spacial score (nSPS) is 18.3. The molecule has 1 aliphatic carbocycles. The molecule has 188 valence electrons. The number of hydrogen-bond donors (Lipinski definition) is 2. The molecule has 2 aromatic carbocycles. The van der Waals surface area contributed by atoms with Crippen LogP contribution >= 0.6 is 11.3 Å². The zero-order valence-corrected chi connectivity index (χ0v) is 21.4. The topological polar surface area (TPSA) is 89.5 Å². The second-order valence-corrected chi connectivity index (χ2v) is 10.3. The van der Waals surface area contributed by atoms with Gasteiger partial charge in [-0.2, -0.15) is 0 Å².